The number of aromatic nitrogens is 4. The number of hydrogen-bond donors (Lipinski definition) is 3. The number of carbonyl (C=O) groups is 1. The summed E-state index contributed by atoms with van der Waals surface area (Å²) in [6.07, 6.45) is 2.68. The van der Waals surface area contributed by atoms with Gasteiger partial charge in [0, 0.05) is 24.8 Å². The number of H-pyrrole nitrogens is 1. The highest BCUT2D eigenvalue weighted by molar-refractivity contribution is 5.82. The summed E-state index contributed by atoms with van der Waals surface area (Å²) in [7, 11) is 8.07. The van der Waals surface area contributed by atoms with Crippen LogP contribution in [-0.2, 0) is 14.3 Å². The first-order valence-electron chi connectivity index (χ1n) is 13.9. The van der Waals surface area contributed by atoms with Gasteiger partial charge in [0.1, 0.15) is 5.82 Å². The van der Waals surface area contributed by atoms with Crippen LogP contribution in [0.25, 0.3) is 22.6 Å². The minimum atomic E-state index is -0.816. The van der Waals surface area contributed by atoms with Crippen LogP contribution in [0.15, 0.2) is 36.5 Å². The van der Waals surface area contributed by atoms with E-state index < -0.39 is 11.7 Å². The molecule has 2 aromatic heterocycles. The van der Waals surface area contributed by atoms with Gasteiger partial charge in [0.25, 0.3) is 0 Å². The number of ether oxygens (including phenoxy) is 2. The number of anilines is 1. The van der Waals surface area contributed by atoms with Crippen molar-refractivity contribution in [1.82, 2.24) is 35.1 Å². The maximum atomic E-state index is 13.7. The molecule has 0 unspecified atom stereocenters. The van der Waals surface area contributed by atoms with Gasteiger partial charge in [-0.3, -0.25) is 4.79 Å². The van der Waals surface area contributed by atoms with Crippen molar-refractivity contribution in [2.24, 2.45) is 5.41 Å². The van der Waals surface area contributed by atoms with Gasteiger partial charge in [0.2, 0.25) is 18.1 Å². The fourth-order valence-electron chi connectivity index (χ4n) is 4.39. The zero-order valence-electron chi connectivity index (χ0n) is 24.5. The Morgan fingerprint density at radius 3 is 2.34 bits per heavy atom. The van der Waals surface area contributed by atoms with E-state index in [1.54, 1.807) is 24.4 Å². The van der Waals surface area contributed by atoms with Gasteiger partial charge >= 0.3 is 0 Å². The normalized spacial score (nSPS) is 19.1. The molecule has 1 aliphatic heterocycles. The van der Waals surface area contributed by atoms with E-state index in [9.17, 15) is 9.18 Å². The molecule has 12 heteroatoms. The number of amides is 1. The zero-order chi connectivity index (χ0) is 29.4. The van der Waals surface area contributed by atoms with Gasteiger partial charge in [-0.1, -0.05) is 0 Å². The molecule has 0 saturated carbocycles. The fraction of sp³-hybridized carbons (Fsp3) is 0.517. The molecule has 1 fully saturated rings. The third kappa shape index (κ3) is 8.29. The summed E-state index contributed by atoms with van der Waals surface area (Å²) in [6.45, 7) is 5.33. The van der Waals surface area contributed by atoms with E-state index in [0.717, 1.165) is 32.5 Å². The molecular weight excluding hydrogens is 527 g/mol. The summed E-state index contributed by atoms with van der Waals surface area (Å²) < 4.78 is 25.7. The Balaban J connectivity index is 1.50. The molecule has 11 nitrogen and oxygen atoms in total. The lowest BCUT2D eigenvalue weighted by atomic mass is 9.91. The van der Waals surface area contributed by atoms with Crippen molar-refractivity contribution in [2.75, 3.05) is 72.9 Å². The lowest BCUT2D eigenvalue weighted by Gasteiger charge is -2.35. The second kappa shape index (κ2) is 13.9. The molecule has 222 valence electrons. The minimum absolute atomic E-state index is 0.103. The number of hydrogen-bond acceptors (Lipinski definition) is 9. The highest BCUT2D eigenvalue weighted by Crippen LogP contribution is 2.35. The summed E-state index contributed by atoms with van der Waals surface area (Å²) in [5.41, 5.74) is 1.72. The molecule has 3 aromatic rings. The van der Waals surface area contributed by atoms with Crippen LogP contribution in [0.1, 0.15) is 31.9 Å². The van der Waals surface area contributed by atoms with E-state index in [0.29, 0.717) is 41.0 Å². The minimum Gasteiger partial charge on any atom is -0.355 e. The van der Waals surface area contributed by atoms with Crippen LogP contribution in [0.4, 0.5) is 10.3 Å². The van der Waals surface area contributed by atoms with Gasteiger partial charge in [-0.15, -0.1) is 0 Å². The molecule has 41 heavy (non-hydrogen) atoms. The van der Waals surface area contributed by atoms with E-state index in [-0.39, 0.29) is 24.9 Å². The lowest BCUT2D eigenvalue weighted by Crippen LogP contribution is -2.49. The summed E-state index contributed by atoms with van der Waals surface area (Å²) >= 11 is 0. The van der Waals surface area contributed by atoms with Gasteiger partial charge in [-0.2, -0.15) is 0 Å². The Morgan fingerprint density at radius 1 is 1.02 bits per heavy atom. The Labute approximate surface area is 240 Å². The van der Waals surface area contributed by atoms with Crippen LogP contribution in [0, 0.1) is 11.2 Å². The fourth-order valence-corrected chi connectivity index (χ4v) is 4.39. The topological polar surface area (TPSA) is 121 Å². The molecule has 0 radical (unpaired) electrons. The Kier molecular flexibility index (Phi) is 10.4. The first-order chi connectivity index (χ1) is 19.6. The van der Waals surface area contributed by atoms with Crippen molar-refractivity contribution in [3.8, 4) is 22.6 Å². The summed E-state index contributed by atoms with van der Waals surface area (Å²) in [6, 6.07) is 7.90. The number of benzene rings is 1. The molecule has 3 N–H and O–H groups in total. The number of nitrogens with zero attached hydrogens (tertiary/aromatic N) is 5. The second-order valence-electron chi connectivity index (χ2n) is 11.1. The summed E-state index contributed by atoms with van der Waals surface area (Å²) in [5, 5.41) is 6.26. The van der Waals surface area contributed by atoms with Crippen molar-refractivity contribution < 1.29 is 18.7 Å². The van der Waals surface area contributed by atoms with Gasteiger partial charge < -0.3 is 34.9 Å². The SMILES string of the molecule is CN(C)CCCNC(=O)C1(C)COC(c2nc(-c3ccc(F)cc3)c(-c3ccnc(NCCCN(C)C)n3)[nH]2)OC1. The molecule has 0 spiro atoms. The van der Waals surface area contributed by atoms with E-state index in [1.807, 2.05) is 35.1 Å². The second-order valence-corrected chi connectivity index (χ2v) is 11.1. The summed E-state index contributed by atoms with van der Waals surface area (Å²) in [4.78, 5) is 34.2. The summed E-state index contributed by atoms with van der Waals surface area (Å²) in [5.74, 6) is 0.496. The molecule has 3 heterocycles. The molecule has 4 rings (SSSR count). The molecule has 0 aliphatic carbocycles. The van der Waals surface area contributed by atoms with E-state index in [1.165, 1.54) is 12.1 Å². The van der Waals surface area contributed by atoms with E-state index in [2.05, 4.69) is 30.4 Å². The standard InChI is InChI=1S/C29H41FN8O3/c1-29(27(39)31-13-6-16-37(2)3)18-40-26(41-19-29)25-35-23(20-8-10-21(30)11-9-20)24(36-25)22-12-15-33-28(34-22)32-14-7-17-38(4)5/h8-12,15,26H,6-7,13-14,16-19H2,1-5H3,(H,31,39)(H,35,36)(H,32,33,34). The van der Waals surface area contributed by atoms with Gasteiger partial charge in [-0.05, 0) is 91.4 Å². The number of carbonyl (C=O) groups excluding carboxylic acids is 1. The molecule has 1 aliphatic rings. The average molecular weight is 569 g/mol. The van der Waals surface area contributed by atoms with Crippen LogP contribution >= 0.6 is 0 Å². The molecule has 0 atom stereocenters. The highest BCUT2D eigenvalue weighted by atomic mass is 19.1. The predicted molar refractivity (Wildman–Crippen MR) is 156 cm³/mol. The van der Waals surface area contributed by atoms with Crippen molar-refractivity contribution >= 4 is 11.9 Å². The smallest absolute Gasteiger partial charge is 0.230 e. The largest absolute Gasteiger partial charge is 0.355 e. The van der Waals surface area contributed by atoms with Crippen LogP contribution in [0.3, 0.4) is 0 Å². The lowest BCUT2D eigenvalue weighted by molar-refractivity contribution is -0.231. The van der Waals surface area contributed by atoms with Crippen LogP contribution < -0.4 is 10.6 Å². The quantitative estimate of drug-likeness (QED) is 0.267. The Bertz CT molecular complexity index is 1270. The highest BCUT2D eigenvalue weighted by Gasteiger charge is 2.40. The third-order valence-electron chi connectivity index (χ3n) is 6.76. The number of halogens is 1. The van der Waals surface area contributed by atoms with E-state index in [4.69, 9.17) is 19.4 Å². The van der Waals surface area contributed by atoms with Crippen molar-refractivity contribution in [1.29, 1.82) is 0 Å². The van der Waals surface area contributed by atoms with Crippen molar-refractivity contribution in [2.45, 2.75) is 26.1 Å². The Morgan fingerprint density at radius 2 is 1.68 bits per heavy atom. The van der Waals surface area contributed by atoms with Gasteiger partial charge in [-0.25, -0.2) is 19.3 Å². The molecule has 1 saturated heterocycles. The van der Waals surface area contributed by atoms with Crippen molar-refractivity contribution in [3.63, 3.8) is 0 Å². The molecular formula is C29H41FN8O3. The zero-order valence-corrected chi connectivity index (χ0v) is 24.5. The maximum Gasteiger partial charge on any atom is 0.230 e. The van der Waals surface area contributed by atoms with E-state index >= 15 is 0 Å². The van der Waals surface area contributed by atoms with Crippen molar-refractivity contribution in [3.05, 3.63) is 48.2 Å². The molecule has 1 aromatic carbocycles. The number of rotatable bonds is 13. The number of aromatic amines is 1. The first kappa shape index (κ1) is 30.5. The van der Waals surface area contributed by atoms with Gasteiger partial charge in [0.05, 0.1) is 35.7 Å². The van der Waals surface area contributed by atoms with Gasteiger partial charge in [0.15, 0.2) is 5.82 Å². The number of nitrogens with one attached hydrogen (secondary N) is 3. The molecule has 0 bridgehead atoms. The van der Waals surface area contributed by atoms with Crippen LogP contribution in [0.5, 0.6) is 0 Å². The maximum absolute atomic E-state index is 13.7. The monoisotopic (exact) mass is 568 g/mol. The van der Waals surface area contributed by atoms with Crippen LogP contribution in [-0.4, -0.2) is 103 Å². The predicted octanol–water partition coefficient (Wildman–Crippen LogP) is 3.16. The molecule has 1 amide bonds. The third-order valence-corrected chi connectivity index (χ3v) is 6.76. The number of imidazole rings is 1. The average Bonchev–Trinajstić information content (AvgIpc) is 3.39. The Hall–Kier alpha value is -3.45. The van der Waals surface area contributed by atoms with Crippen LogP contribution in [0.2, 0.25) is 0 Å². The first-order valence-corrected chi connectivity index (χ1v) is 13.9.